The van der Waals surface area contributed by atoms with Crippen LogP contribution >= 0.6 is 15.9 Å². The number of nitrogens with two attached hydrogens (primary N) is 1. The van der Waals surface area contributed by atoms with Gasteiger partial charge in [0.05, 0.1) is 11.1 Å². The first-order valence-electron chi connectivity index (χ1n) is 4.24. The highest BCUT2D eigenvalue weighted by Gasteiger charge is 2.17. The average molecular weight is 284 g/mol. The molecule has 1 aromatic carbocycles. The standard InChI is InChI=1S/C9H6BrN3O3/c10-8-5(7-4-12-9(11)16-7)2-1-3-6(8)13(14)15/h1-4H,(H2,11,12). The molecule has 0 fully saturated rings. The fraction of sp³-hybridized carbons (Fsp3) is 0. The number of nitrogens with zero attached hydrogens (tertiary/aromatic N) is 2. The van der Waals surface area contributed by atoms with E-state index in [1.807, 2.05) is 0 Å². The molecule has 0 amide bonds. The van der Waals surface area contributed by atoms with Gasteiger partial charge in [-0.15, -0.1) is 0 Å². The predicted octanol–water partition coefficient (Wildman–Crippen LogP) is 2.59. The average Bonchev–Trinajstić information content (AvgIpc) is 2.64. The quantitative estimate of drug-likeness (QED) is 0.675. The van der Waals surface area contributed by atoms with Crippen molar-refractivity contribution < 1.29 is 9.34 Å². The normalized spacial score (nSPS) is 10.3. The molecule has 0 aliphatic heterocycles. The molecule has 0 aliphatic carbocycles. The van der Waals surface area contributed by atoms with Gasteiger partial charge in [-0.25, -0.2) is 4.98 Å². The Hall–Kier alpha value is -1.89. The first kappa shape index (κ1) is 10.6. The monoisotopic (exact) mass is 283 g/mol. The third kappa shape index (κ3) is 1.76. The van der Waals surface area contributed by atoms with E-state index in [1.165, 1.54) is 12.3 Å². The first-order chi connectivity index (χ1) is 7.59. The Morgan fingerprint density at radius 1 is 1.50 bits per heavy atom. The molecule has 2 aromatic rings. The molecule has 0 aliphatic rings. The van der Waals surface area contributed by atoms with Crippen LogP contribution in [-0.4, -0.2) is 9.91 Å². The van der Waals surface area contributed by atoms with Crippen LogP contribution in [0.25, 0.3) is 11.3 Å². The number of rotatable bonds is 2. The number of nitro groups is 1. The Kier molecular flexibility index (Phi) is 2.61. The van der Waals surface area contributed by atoms with Crippen molar-refractivity contribution in [1.29, 1.82) is 0 Å². The Labute approximate surface area is 98.4 Å². The summed E-state index contributed by atoms with van der Waals surface area (Å²) in [4.78, 5) is 14.0. The highest BCUT2D eigenvalue weighted by Crippen LogP contribution is 2.35. The molecule has 0 bridgehead atoms. The third-order valence-corrected chi connectivity index (χ3v) is 2.80. The van der Waals surface area contributed by atoms with Gasteiger partial charge in [-0.05, 0) is 22.0 Å². The van der Waals surface area contributed by atoms with Gasteiger partial charge in [0.2, 0.25) is 0 Å². The van der Waals surface area contributed by atoms with Crippen molar-refractivity contribution in [3.8, 4) is 11.3 Å². The van der Waals surface area contributed by atoms with Crippen LogP contribution in [0.3, 0.4) is 0 Å². The van der Waals surface area contributed by atoms with E-state index in [-0.39, 0.29) is 11.7 Å². The van der Waals surface area contributed by atoms with Gasteiger partial charge in [-0.2, -0.15) is 0 Å². The van der Waals surface area contributed by atoms with Crippen LogP contribution in [0.1, 0.15) is 0 Å². The number of aromatic nitrogens is 1. The number of halogens is 1. The van der Waals surface area contributed by atoms with Gasteiger partial charge in [0.15, 0.2) is 5.76 Å². The lowest BCUT2D eigenvalue weighted by Gasteiger charge is -2.00. The van der Waals surface area contributed by atoms with E-state index in [0.717, 1.165) is 0 Å². The zero-order valence-electron chi connectivity index (χ0n) is 7.88. The molecule has 1 heterocycles. The molecular formula is C9H6BrN3O3. The largest absolute Gasteiger partial charge is 0.424 e. The molecule has 2 N–H and O–H groups in total. The van der Waals surface area contributed by atoms with Crippen LogP contribution in [0.4, 0.5) is 11.7 Å². The molecule has 0 unspecified atom stereocenters. The smallest absolute Gasteiger partial charge is 0.292 e. The van der Waals surface area contributed by atoms with Crippen molar-refractivity contribution >= 4 is 27.6 Å². The number of benzene rings is 1. The first-order valence-corrected chi connectivity index (χ1v) is 5.03. The summed E-state index contributed by atoms with van der Waals surface area (Å²) in [5.74, 6) is 0.382. The van der Waals surface area contributed by atoms with Crippen LogP contribution in [0, 0.1) is 10.1 Å². The maximum absolute atomic E-state index is 10.7. The summed E-state index contributed by atoms with van der Waals surface area (Å²) in [5, 5.41) is 10.7. The molecule has 7 heteroatoms. The minimum absolute atomic E-state index is 0.0217. The van der Waals surface area contributed by atoms with Gasteiger partial charge in [-0.3, -0.25) is 10.1 Å². The topological polar surface area (TPSA) is 95.2 Å². The number of anilines is 1. The van der Waals surface area contributed by atoms with Crippen molar-refractivity contribution in [3.05, 3.63) is 39.0 Å². The van der Waals surface area contributed by atoms with Gasteiger partial charge in [0, 0.05) is 11.6 Å². The summed E-state index contributed by atoms with van der Waals surface area (Å²) >= 11 is 3.16. The fourth-order valence-corrected chi connectivity index (χ4v) is 1.87. The summed E-state index contributed by atoms with van der Waals surface area (Å²) in [5.41, 5.74) is 5.84. The maximum Gasteiger partial charge on any atom is 0.292 e. The van der Waals surface area contributed by atoms with Crippen molar-refractivity contribution in [2.45, 2.75) is 0 Å². The second-order valence-corrected chi connectivity index (χ2v) is 3.75. The summed E-state index contributed by atoms with van der Waals surface area (Å²) in [6, 6.07) is 4.66. The molecule has 0 atom stereocenters. The van der Waals surface area contributed by atoms with E-state index in [2.05, 4.69) is 20.9 Å². The Bertz CT molecular complexity index is 553. The van der Waals surface area contributed by atoms with Crippen molar-refractivity contribution in [1.82, 2.24) is 4.98 Å². The van der Waals surface area contributed by atoms with E-state index in [4.69, 9.17) is 10.2 Å². The van der Waals surface area contributed by atoms with E-state index in [9.17, 15) is 10.1 Å². The van der Waals surface area contributed by atoms with Gasteiger partial charge >= 0.3 is 0 Å². The van der Waals surface area contributed by atoms with E-state index in [1.54, 1.807) is 12.1 Å². The zero-order chi connectivity index (χ0) is 11.7. The highest BCUT2D eigenvalue weighted by atomic mass is 79.9. The van der Waals surface area contributed by atoms with Gasteiger partial charge in [0.25, 0.3) is 11.7 Å². The molecule has 16 heavy (non-hydrogen) atoms. The molecular weight excluding hydrogens is 278 g/mol. The number of nitrogen functional groups attached to an aromatic ring is 1. The molecule has 0 radical (unpaired) electrons. The number of nitro benzene ring substituents is 1. The van der Waals surface area contributed by atoms with Crippen molar-refractivity contribution in [2.75, 3.05) is 5.73 Å². The molecule has 82 valence electrons. The third-order valence-electron chi connectivity index (χ3n) is 1.96. The van der Waals surface area contributed by atoms with Gasteiger partial charge in [-0.1, -0.05) is 6.07 Å². The van der Waals surface area contributed by atoms with Crippen LogP contribution in [0.15, 0.2) is 33.3 Å². The van der Waals surface area contributed by atoms with Crippen molar-refractivity contribution in [2.24, 2.45) is 0 Å². The van der Waals surface area contributed by atoms with Gasteiger partial charge in [0.1, 0.15) is 4.47 Å². The predicted molar refractivity (Wildman–Crippen MR) is 60.7 cm³/mol. The highest BCUT2D eigenvalue weighted by molar-refractivity contribution is 9.10. The van der Waals surface area contributed by atoms with E-state index < -0.39 is 4.92 Å². The Balaban J connectivity index is 2.58. The summed E-state index contributed by atoms with van der Waals surface area (Å²) in [7, 11) is 0. The lowest BCUT2D eigenvalue weighted by Crippen LogP contribution is -1.90. The van der Waals surface area contributed by atoms with Crippen LogP contribution in [-0.2, 0) is 0 Å². The van der Waals surface area contributed by atoms with Crippen molar-refractivity contribution in [3.63, 3.8) is 0 Å². The lowest BCUT2D eigenvalue weighted by molar-refractivity contribution is -0.385. The van der Waals surface area contributed by atoms with E-state index in [0.29, 0.717) is 15.8 Å². The molecule has 6 nitrogen and oxygen atoms in total. The fourth-order valence-electron chi connectivity index (χ4n) is 1.26. The molecule has 2 rings (SSSR count). The second-order valence-electron chi connectivity index (χ2n) is 2.96. The lowest BCUT2D eigenvalue weighted by atomic mass is 10.1. The van der Waals surface area contributed by atoms with Crippen LogP contribution in [0.5, 0.6) is 0 Å². The van der Waals surface area contributed by atoms with Crippen LogP contribution in [0.2, 0.25) is 0 Å². The Morgan fingerprint density at radius 3 is 2.81 bits per heavy atom. The molecule has 0 saturated heterocycles. The maximum atomic E-state index is 10.7. The second kappa shape index (κ2) is 3.93. The SMILES string of the molecule is Nc1ncc(-c2cccc([N+](=O)[O-])c2Br)o1. The van der Waals surface area contributed by atoms with Crippen LogP contribution < -0.4 is 5.73 Å². The number of hydrogen-bond acceptors (Lipinski definition) is 5. The minimum Gasteiger partial charge on any atom is -0.424 e. The summed E-state index contributed by atoms with van der Waals surface area (Å²) < 4.78 is 5.44. The molecule has 1 aromatic heterocycles. The van der Waals surface area contributed by atoms with Gasteiger partial charge < -0.3 is 10.2 Å². The summed E-state index contributed by atoms with van der Waals surface area (Å²) in [6.07, 6.45) is 1.42. The molecule has 0 spiro atoms. The number of oxazole rings is 1. The zero-order valence-corrected chi connectivity index (χ0v) is 9.47. The van der Waals surface area contributed by atoms with E-state index >= 15 is 0 Å². The minimum atomic E-state index is -0.479. The summed E-state index contributed by atoms with van der Waals surface area (Å²) in [6.45, 7) is 0. The Morgan fingerprint density at radius 2 is 2.25 bits per heavy atom. The number of hydrogen-bond donors (Lipinski definition) is 1. The molecule has 0 saturated carbocycles.